The Labute approximate surface area is 93.5 Å². The van der Waals surface area contributed by atoms with Gasteiger partial charge in [0.1, 0.15) is 0 Å². The number of aromatic nitrogens is 1. The maximum atomic E-state index is 11.5. The first kappa shape index (κ1) is 9.33. The van der Waals surface area contributed by atoms with Gasteiger partial charge in [0.05, 0.1) is 5.39 Å². The molecule has 0 saturated carbocycles. The molecule has 3 rings (SSSR count). The molecule has 0 saturated heterocycles. The third-order valence-corrected chi connectivity index (χ3v) is 2.42. The van der Waals surface area contributed by atoms with Crippen molar-refractivity contribution in [3.63, 3.8) is 0 Å². The summed E-state index contributed by atoms with van der Waals surface area (Å²) in [7, 11) is 0. The van der Waals surface area contributed by atoms with E-state index in [9.17, 15) is 5.11 Å². The fraction of sp³-hybridized carbons (Fsp3) is 0. The van der Waals surface area contributed by atoms with Crippen LogP contribution in [-0.4, -0.2) is 0 Å². The minimum Gasteiger partial charge on any atom is -0.868 e. The Kier molecular flexibility index (Phi) is 2.11. The van der Waals surface area contributed by atoms with Gasteiger partial charge in [0.25, 0.3) is 0 Å². The van der Waals surface area contributed by atoms with E-state index in [1.807, 2.05) is 24.3 Å². The zero-order valence-corrected chi connectivity index (χ0v) is 7.87. The van der Waals surface area contributed by atoms with E-state index in [1.54, 1.807) is 12.3 Å². The molecule has 3 heteroatoms. The molecule has 1 aromatic heterocycles. The van der Waals surface area contributed by atoms with Crippen LogP contribution in [0.1, 0.15) is 11.1 Å². The number of rotatable bonds is 0. The maximum Gasteiger partial charge on any atom is 1.00 e. The van der Waals surface area contributed by atoms with Gasteiger partial charge >= 0.3 is 18.9 Å². The molecule has 2 aromatic rings. The van der Waals surface area contributed by atoms with Crippen LogP contribution in [0.15, 0.2) is 24.4 Å². The number of pyridine rings is 1. The quantitative estimate of drug-likeness (QED) is 0.373. The Morgan fingerprint density at radius 1 is 1.00 bits per heavy atom. The molecule has 0 bridgehead atoms. The number of hydrogen-bond acceptors (Lipinski definition) is 1. The van der Waals surface area contributed by atoms with E-state index in [0.29, 0.717) is 5.52 Å². The number of aromatic amines is 1. The van der Waals surface area contributed by atoms with Gasteiger partial charge < -0.3 is 5.11 Å². The molecular formula is C11H7LiNO+. The number of nitrogens with one attached hydrogen (secondary N) is 1. The van der Waals surface area contributed by atoms with Crippen molar-refractivity contribution in [3.05, 3.63) is 35.5 Å². The van der Waals surface area contributed by atoms with E-state index in [4.69, 9.17) is 0 Å². The summed E-state index contributed by atoms with van der Waals surface area (Å²) in [5, 5.41) is 12.5. The van der Waals surface area contributed by atoms with Gasteiger partial charge in [0.15, 0.2) is 6.20 Å². The SMILES string of the molecule is [Li+].[O-]c1ccc2c3c(cc[nH+]c13)C=C2. The van der Waals surface area contributed by atoms with E-state index in [2.05, 4.69) is 4.98 Å². The number of hydrogen-bond donors (Lipinski definition) is 0. The summed E-state index contributed by atoms with van der Waals surface area (Å²) >= 11 is 0. The molecule has 1 aliphatic carbocycles. The van der Waals surface area contributed by atoms with Gasteiger partial charge in [-0.05, 0) is 16.9 Å². The Morgan fingerprint density at radius 2 is 1.71 bits per heavy atom. The van der Waals surface area contributed by atoms with Crippen LogP contribution in [0.3, 0.4) is 0 Å². The minimum absolute atomic E-state index is 0. The first-order chi connectivity index (χ1) is 6.36. The molecule has 14 heavy (non-hydrogen) atoms. The first-order valence-corrected chi connectivity index (χ1v) is 4.19. The molecule has 0 fully saturated rings. The second-order valence-electron chi connectivity index (χ2n) is 3.17. The minimum atomic E-state index is 0. The molecule has 1 aromatic carbocycles. The smallest absolute Gasteiger partial charge is 0.868 e. The van der Waals surface area contributed by atoms with Crippen molar-refractivity contribution >= 4 is 23.1 Å². The molecule has 0 amide bonds. The zero-order valence-electron chi connectivity index (χ0n) is 7.87. The monoisotopic (exact) mass is 176 g/mol. The summed E-state index contributed by atoms with van der Waals surface area (Å²) in [6.45, 7) is 0. The van der Waals surface area contributed by atoms with E-state index in [1.165, 1.54) is 0 Å². The van der Waals surface area contributed by atoms with Gasteiger partial charge in [-0.2, -0.15) is 0 Å². The third-order valence-electron chi connectivity index (χ3n) is 2.42. The van der Waals surface area contributed by atoms with Crippen LogP contribution in [0, 0.1) is 0 Å². The molecule has 0 unspecified atom stereocenters. The normalized spacial score (nSPS) is 11.7. The van der Waals surface area contributed by atoms with Gasteiger partial charge in [-0.1, -0.05) is 24.3 Å². The van der Waals surface area contributed by atoms with Gasteiger partial charge in [-0.25, -0.2) is 4.98 Å². The third kappa shape index (κ3) is 1.09. The molecule has 62 valence electrons. The molecule has 1 N–H and O–H groups in total. The second-order valence-corrected chi connectivity index (χ2v) is 3.17. The van der Waals surface area contributed by atoms with Gasteiger partial charge in [-0.15, -0.1) is 0 Å². The van der Waals surface area contributed by atoms with E-state index in [-0.39, 0.29) is 24.6 Å². The zero-order chi connectivity index (χ0) is 8.84. The van der Waals surface area contributed by atoms with Crippen LogP contribution < -0.4 is 29.0 Å². The Hall–Kier alpha value is -1.23. The predicted molar refractivity (Wildman–Crippen MR) is 48.9 cm³/mol. The molecule has 0 atom stereocenters. The molecule has 0 aliphatic heterocycles. The van der Waals surface area contributed by atoms with Crippen LogP contribution >= 0.6 is 0 Å². The average Bonchev–Trinajstić information content (AvgIpc) is 2.57. The molecule has 0 spiro atoms. The van der Waals surface area contributed by atoms with Crippen molar-refractivity contribution < 1.29 is 29.0 Å². The fourth-order valence-corrected chi connectivity index (χ4v) is 1.81. The summed E-state index contributed by atoms with van der Waals surface area (Å²) in [4.78, 5) is 2.99. The summed E-state index contributed by atoms with van der Waals surface area (Å²) in [6.07, 6.45) is 5.87. The van der Waals surface area contributed by atoms with Gasteiger partial charge in [0.2, 0.25) is 5.52 Å². The topological polar surface area (TPSA) is 37.2 Å². The summed E-state index contributed by atoms with van der Waals surface area (Å²) in [5.74, 6) is 0.0595. The van der Waals surface area contributed by atoms with Crippen molar-refractivity contribution in [3.8, 4) is 5.75 Å². The Balaban J connectivity index is 0.000000750. The summed E-state index contributed by atoms with van der Waals surface area (Å²) in [6, 6.07) is 5.45. The van der Waals surface area contributed by atoms with Crippen LogP contribution in [-0.2, 0) is 0 Å². The average molecular weight is 176 g/mol. The Bertz CT molecular complexity index is 522. The molecular weight excluding hydrogens is 169 g/mol. The number of benzene rings is 1. The molecule has 0 radical (unpaired) electrons. The predicted octanol–water partition coefficient (Wildman–Crippen LogP) is -1.78. The Morgan fingerprint density at radius 3 is 2.50 bits per heavy atom. The summed E-state index contributed by atoms with van der Waals surface area (Å²) < 4.78 is 0. The van der Waals surface area contributed by atoms with Crippen molar-refractivity contribution in [1.29, 1.82) is 0 Å². The van der Waals surface area contributed by atoms with Crippen molar-refractivity contribution in [2.24, 2.45) is 0 Å². The van der Waals surface area contributed by atoms with Crippen molar-refractivity contribution in [2.75, 3.05) is 0 Å². The van der Waals surface area contributed by atoms with Crippen molar-refractivity contribution in [2.45, 2.75) is 0 Å². The van der Waals surface area contributed by atoms with E-state index >= 15 is 0 Å². The number of H-pyrrole nitrogens is 1. The first-order valence-electron chi connectivity index (χ1n) is 4.19. The second kappa shape index (κ2) is 3.16. The van der Waals surface area contributed by atoms with Crippen LogP contribution in [0.5, 0.6) is 5.75 Å². The van der Waals surface area contributed by atoms with Gasteiger partial charge in [-0.3, -0.25) is 0 Å². The molecule has 1 aliphatic rings. The largest absolute Gasteiger partial charge is 1.00 e. The van der Waals surface area contributed by atoms with E-state index < -0.39 is 0 Å². The van der Waals surface area contributed by atoms with Crippen LogP contribution in [0.2, 0.25) is 0 Å². The van der Waals surface area contributed by atoms with E-state index in [0.717, 1.165) is 16.5 Å². The molecule has 2 nitrogen and oxygen atoms in total. The van der Waals surface area contributed by atoms with Crippen LogP contribution in [0.25, 0.3) is 23.1 Å². The fourth-order valence-electron chi connectivity index (χ4n) is 1.81. The summed E-state index contributed by atoms with van der Waals surface area (Å²) in [5.41, 5.74) is 2.96. The van der Waals surface area contributed by atoms with Crippen LogP contribution in [0.4, 0.5) is 0 Å². The molecule has 1 heterocycles. The van der Waals surface area contributed by atoms with Crippen molar-refractivity contribution in [1.82, 2.24) is 0 Å². The standard InChI is InChI=1S/C11H7NO.Li/c13-9-4-3-7-1-2-8-5-6-12-11(9)10(7)8;/h1-6,13H;/q;+1. The van der Waals surface area contributed by atoms with Gasteiger partial charge in [0, 0.05) is 6.07 Å². The maximum absolute atomic E-state index is 11.5.